The summed E-state index contributed by atoms with van der Waals surface area (Å²) in [6.45, 7) is 2.29. The molecule has 1 heterocycles. The van der Waals surface area contributed by atoms with Crippen molar-refractivity contribution in [1.82, 2.24) is 15.0 Å². The van der Waals surface area contributed by atoms with Gasteiger partial charge in [-0.15, -0.1) is 11.8 Å². The van der Waals surface area contributed by atoms with E-state index in [1.807, 2.05) is 37.3 Å². The lowest BCUT2D eigenvalue weighted by molar-refractivity contribution is -0.120. The lowest BCUT2D eigenvalue weighted by atomic mass is 10.2. The van der Waals surface area contributed by atoms with Crippen molar-refractivity contribution in [3.8, 4) is 0 Å². The number of aromatic nitrogens is 2. The van der Waals surface area contributed by atoms with Gasteiger partial charge >= 0.3 is 0 Å². The van der Waals surface area contributed by atoms with E-state index in [-0.39, 0.29) is 11.5 Å². The summed E-state index contributed by atoms with van der Waals surface area (Å²) in [6, 6.07) is 14.6. The van der Waals surface area contributed by atoms with Gasteiger partial charge in [0.2, 0.25) is 11.9 Å². The Labute approximate surface area is 165 Å². The van der Waals surface area contributed by atoms with E-state index in [1.54, 1.807) is 18.2 Å². The average molecular weight is 403 g/mol. The number of anilines is 1. The number of halogens is 1. The van der Waals surface area contributed by atoms with Crippen molar-refractivity contribution in [2.75, 3.05) is 11.2 Å². The molecule has 3 aromatic rings. The fourth-order valence-corrected chi connectivity index (χ4v) is 3.75. The molecule has 2 aromatic carbocycles. The van der Waals surface area contributed by atoms with Gasteiger partial charge in [-0.3, -0.25) is 25.0 Å². The molecule has 0 spiro atoms. The average Bonchev–Trinajstić information content (AvgIpc) is 2.68. The molecule has 0 unspecified atom stereocenters. The van der Waals surface area contributed by atoms with Gasteiger partial charge in [-0.2, -0.15) is 0 Å². The maximum atomic E-state index is 12.5. The Morgan fingerprint density at radius 2 is 1.93 bits per heavy atom. The highest BCUT2D eigenvalue weighted by Crippen LogP contribution is 2.26. The number of amides is 1. The van der Waals surface area contributed by atoms with Gasteiger partial charge in [0.25, 0.3) is 5.56 Å². The van der Waals surface area contributed by atoms with Gasteiger partial charge in [0, 0.05) is 23.6 Å². The summed E-state index contributed by atoms with van der Waals surface area (Å²) in [4.78, 5) is 30.0. The fraction of sp³-hybridized carbons (Fsp3) is 0.211. The minimum Gasteiger partial charge on any atom is -0.277 e. The molecule has 27 heavy (non-hydrogen) atoms. The van der Waals surface area contributed by atoms with Gasteiger partial charge in [0.1, 0.15) is 0 Å². The van der Waals surface area contributed by atoms with Crippen molar-refractivity contribution in [1.29, 1.82) is 0 Å². The monoisotopic (exact) mass is 402 g/mol. The summed E-state index contributed by atoms with van der Waals surface area (Å²) >= 11 is 7.62. The van der Waals surface area contributed by atoms with Crippen molar-refractivity contribution < 1.29 is 4.79 Å². The number of thioether (sulfide) groups is 1. The highest BCUT2D eigenvalue weighted by atomic mass is 35.5. The summed E-state index contributed by atoms with van der Waals surface area (Å²) in [7, 11) is 0. The third-order valence-corrected chi connectivity index (χ3v) is 5.43. The maximum Gasteiger partial charge on any atom is 0.262 e. The van der Waals surface area contributed by atoms with Crippen molar-refractivity contribution in [3.63, 3.8) is 0 Å². The molecule has 0 radical (unpaired) electrons. The van der Waals surface area contributed by atoms with Crippen LogP contribution in [-0.2, 0) is 11.3 Å². The first-order valence-corrected chi connectivity index (χ1v) is 9.88. The molecule has 3 rings (SSSR count). The van der Waals surface area contributed by atoms with E-state index >= 15 is 0 Å². The van der Waals surface area contributed by atoms with Gasteiger partial charge in [0.15, 0.2) is 0 Å². The third kappa shape index (κ3) is 4.61. The molecule has 2 N–H and O–H groups in total. The van der Waals surface area contributed by atoms with Gasteiger partial charge in [-0.1, -0.05) is 35.9 Å². The van der Waals surface area contributed by atoms with Crippen LogP contribution in [0.15, 0.2) is 58.2 Å². The van der Waals surface area contributed by atoms with Gasteiger partial charge in [-0.05, 0) is 31.2 Å². The second-order valence-electron chi connectivity index (χ2n) is 5.70. The minimum atomic E-state index is -0.195. The molecule has 0 saturated heterocycles. The van der Waals surface area contributed by atoms with Crippen molar-refractivity contribution >= 4 is 46.1 Å². The molecule has 6 nitrogen and oxygen atoms in total. The normalized spacial score (nSPS) is 10.7. The molecule has 0 fully saturated rings. The number of hydrazine groups is 1. The molecule has 8 heteroatoms. The molecule has 0 saturated carbocycles. The van der Waals surface area contributed by atoms with Crippen LogP contribution in [0, 0.1) is 0 Å². The Morgan fingerprint density at radius 1 is 1.19 bits per heavy atom. The standard InChI is InChI=1S/C19H19ClN4O2S/c1-2-24-18(26)13-7-3-5-9-15(13)21-19(24)23-22-17(25)11-12-27-16-10-6-4-8-14(16)20/h3-10H,2,11-12H2,1H3,(H,21,23)(H,22,25). The topological polar surface area (TPSA) is 76.0 Å². The van der Waals surface area contributed by atoms with Crippen molar-refractivity contribution in [3.05, 3.63) is 63.9 Å². The van der Waals surface area contributed by atoms with Crippen LogP contribution < -0.4 is 16.4 Å². The van der Waals surface area contributed by atoms with E-state index < -0.39 is 0 Å². The number of nitrogens with zero attached hydrogens (tertiary/aromatic N) is 2. The van der Waals surface area contributed by atoms with E-state index in [0.29, 0.717) is 40.6 Å². The minimum absolute atomic E-state index is 0.144. The van der Waals surface area contributed by atoms with E-state index in [4.69, 9.17) is 11.6 Å². The zero-order valence-corrected chi connectivity index (χ0v) is 16.3. The molecule has 0 bridgehead atoms. The number of carbonyl (C=O) groups excluding carboxylic acids is 1. The highest BCUT2D eigenvalue weighted by molar-refractivity contribution is 7.99. The number of hydrogen-bond donors (Lipinski definition) is 2. The Balaban J connectivity index is 1.62. The molecule has 0 aliphatic rings. The summed E-state index contributed by atoms with van der Waals surface area (Å²) in [5, 5.41) is 1.22. The van der Waals surface area contributed by atoms with Crippen LogP contribution in [0.3, 0.4) is 0 Å². The van der Waals surface area contributed by atoms with Crippen LogP contribution in [0.1, 0.15) is 13.3 Å². The zero-order chi connectivity index (χ0) is 19.2. The van der Waals surface area contributed by atoms with Crippen molar-refractivity contribution in [2.45, 2.75) is 24.8 Å². The number of carbonyl (C=O) groups is 1. The second kappa shape index (κ2) is 8.92. The van der Waals surface area contributed by atoms with E-state index in [1.165, 1.54) is 16.3 Å². The lowest BCUT2D eigenvalue weighted by Gasteiger charge is -2.14. The van der Waals surface area contributed by atoms with E-state index in [2.05, 4.69) is 15.8 Å². The number of nitrogens with one attached hydrogen (secondary N) is 2. The molecule has 0 atom stereocenters. The quantitative estimate of drug-likeness (QED) is 0.465. The largest absolute Gasteiger partial charge is 0.277 e. The number of hydrogen-bond acceptors (Lipinski definition) is 5. The second-order valence-corrected chi connectivity index (χ2v) is 7.25. The molecule has 1 aromatic heterocycles. The number of benzene rings is 2. The summed E-state index contributed by atoms with van der Waals surface area (Å²) in [5.74, 6) is 0.705. The van der Waals surface area contributed by atoms with Crippen LogP contribution in [0.2, 0.25) is 5.02 Å². The SMILES string of the molecule is CCn1c(NNC(=O)CCSc2ccccc2Cl)nc2ccccc2c1=O. The van der Waals surface area contributed by atoms with Crippen LogP contribution >= 0.6 is 23.4 Å². The number of para-hydroxylation sites is 1. The predicted octanol–water partition coefficient (Wildman–Crippen LogP) is 3.70. The molecule has 0 aliphatic carbocycles. The summed E-state index contributed by atoms with van der Waals surface area (Å²) in [6.07, 6.45) is 0.298. The Hall–Kier alpha value is -2.51. The predicted molar refractivity (Wildman–Crippen MR) is 110 cm³/mol. The van der Waals surface area contributed by atoms with E-state index in [9.17, 15) is 9.59 Å². The molecular formula is C19H19ClN4O2S. The lowest BCUT2D eigenvalue weighted by Crippen LogP contribution is -2.34. The summed E-state index contributed by atoms with van der Waals surface area (Å²) < 4.78 is 1.49. The van der Waals surface area contributed by atoms with Gasteiger partial charge in [-0.25, -0.2) is 4.98 Å². The van der Waals surface area contributed by atoms with Crippen LogP contribution in [0.5, 0.6) is 0 Å². The van der Waals surface area contributed by atoms with Crippen LogP contribution in [-0.4, -0.2) is 21.2 Å². The Kier molecular flexibility index (Phi) is 6.36. The molecule has 0 aliphatic heterocycles. The number of rotatable bonds is 7. The van der Waals surface area contributed by atoms with Crippen LogP contribution in [0.25, 0.3) is 10.9 Å². The molecular weight excluding hydrogens is 384 g/mol. The third-order valence-electron chi connectivity index (χ3n) is 3.91. The first kappa shape index (κ1) is 19.3. The zero-order valence-electron chi connectivity index (χ0n) is 14.7. The smallest absolute Gasteiger partial charge is 0.262 e. The maximum absolute atomic E-state index is 12.5. The fourth-order valence-electron chi connectivity index (χ4n) is 2.56. The highest BCUT2D eigenvalue weighted by Gasteiger charge is 2.10. The first-order chi connectivity index (χ1) is 13.1. The number of fused-ring (bicyclic) bond motifs is 1. The first-order valence-electron chi connectivity index (χ1n) is 8.52. The van der Waals surface area contributed by atoms with Crippen LogP contribution in [0.4, 0.5) is 5.95 Å². The van der Waals surface area contributed by atoms with Gasteiger partial charge in [0.05, 0.1) is 15.9 Å². The molecule has 140 valence electrons. The van der Waals surface area contributed by atoms with Crippen molar-refractivity contribution in [2.24, 2.45) is 0 Å². The van der Waals surface area contributed by atoms with E-state index in [0.717, 1.165) is 4.90 Å². The molecule has 1 amide bonds. The Bertz CT molecular complexity index is 1020. The summed E-state index contributed by atoms with van der Waals surface area (Å²) in [5.41, 5.74) is 5.82. The van der Waals surface area contributed by atoms with Gasteiger partial charge < -0.3 is 0 Å². The Morgan fingerprint density at radius 3 is 2.70 bits per heavy atom.